The van der Waals surface area contributed by atoms with Crippen LogP contribution >= 0.6 is 0 Å². The van der Waals surface area contributed by atoms with Crippen molar-refractivity contribution in [2.24, 2.45) is 0 Å². The Morgan fingerprint density at radius 3 is 1.81 bits per heavy atom. The average Bonchev–Trinajstić information content (AvgIpc) is 3.11. The van der Waals surface area contributed by atoms with Crippen molar-refractivity contribution in [1.29, 1.82) is 0 Å². The van der Waals surface area contributed by atoms with Gasteiger partial charge in [0.05, 0.1) is 16.3 Å². The molecule has 166 valence electrons. The van der Waals surface area contributed by atoms with Gasteiger partial charge in [-0.1, -0.05) is 42.5 Å². The highest BCUT2D eigenvalue weighted by Crippen LogP contribution is 2.50. The molecule has 2 N–H and O–H groups in total. The van der Waals surface area contributed by atoms with Crippen LogP contribution in [0.3, 0.4) is 0 Å². The van der Waals surface area contributed by atoms with E-state index in [1.807, 2.05) is 4.98 Å². The van der Waals surface area contributed by atoms with E-state index in [2.05, 4.69) is 4.98 Å². The monoisotopic (exact) mass is 464 g/mol. The number of benzene rings is 2. The molecule has 0 aliphatic heterocycles. The normalized spacial score (nSPS) is 13.4. The van der Waals surface area contributed by atoms with Gasteiger partial charge in [-0.15, -0.1) is 0 Å². The molecule has 0 aliphatic carbocycles. The van der Waals surface area contributed by atoms with Crippen LogP contribution in [0.25, 0.3) is 22.5 Å². The number of aliphatic hydroxyl groups is 1. The van der Waals surface area contributed by atoms with Crippen molar-refractivity contribution < 1.29 is 39.9 Å². The minimum atomic E-state index is -6.12. The van der Waals surface area contributed by atoms with Crippen LogP contribution < -0.4 is 0 Å². The van der Waals surface area contributed by atoms with Gasteiger partial charge in [-0.25, -0.2) is 13.4 Å². The second-order valence-electron chi connectivity index (χ2n) is 6.68. The molecule has 0 bridgehead atoms. The molecule has 5 nitrogen and oxygen atoms in total. The molecule has 1 heterocycles. The first-order valence-corrected chi connectivity index (χ1v) is 10.4. The number of H-pyrrole nitrogens is 1. The van der Waals surface area contributed by atoms with Crippen molar-refractivity contribution in [2.45, 2.75) is 22.8 Å². The van der Waals surface area contributed by atoms with Crippen molar-refractivity contribution in [3.8, 4) is 22.5 Å². The van der Waals surface area contributed by atoms with Gasteiger partial charge in [-0.2, -0.15) is 26.3 Å². The zero-order valence-corrected chi connectivity index (χ0v) is 16.4. The number of nitrogens with zero attached hydrogens (tertiary/aromatic N) is 1. The zero-order chi connectivity index (χ0) is 23.2. The van der Waals surface area contributed by atoms with Crippen molar-refractivity contribution in [3.63, 3.8) is 0 Å². The number of hydrogen-bond donors (Lipinski definition) is 2. The second kappa shape index (κ2) is 7.38. The Kier molecular flexibility index (Phi) is 5.43. The predicted octanol–water partition coefficient (Wildman–Crippen LogP) is 4.46. The SMILES string of the molecule is CS(=O)(=O)c1ccc(-c2[nH]c(C(O)(C(F)(F)F)C(F)(F)F)nc2-c2ccccc2)cc1. The number of rotatable bonds is 4. The molecule has 3 rings (SSSR count). The van der Waals surface area contributed by atoms with E-state index in [9.17, 15) is 39.9 Å². The maximum absolute atomic E-state index is 13.3. The molecule has 0 fully saturated rings. The summed E-state index contributed by atoms with van der Waals surface area (Å²) in [6.07, 6.45) is -11.3. The van der Waals surface area contributed by atoms with E-state index >= 15 is 0 Å². The molecule has 0 spiro atoms. The Balaban J connectivity index is 2.28. The third-order valence-electron chi connectivity index (χ3n) is 4.49. The Labute approximate surface area is 172 Å². The minimum Gasteiger partial charge on any atom is -0.367 e. The summed E-state index contributed by atoms with van der Waals surface area (Å²) in [5, 5.41) is 9.71. The van der Waals surface area contributed by atoms with Crippen LogP contribution in [-0.4, -0.2) is 42.1 Å². The van der Waals surface area contributed by atoms with Crippen LogP contribution in [0.4, 0.5) is 26.3 Å². The van der Waals surface area contributed by atoms with Crippen LogP contribution in [-0.2, 0) is 15.4 Å². The molecular formula is C19H14F6N2O3S. The van der Waals surface area contributed by atoms with Gasteiger partial charge in [0.2, 0.25) is 0 Å². The molecule has 0 atom stereocenters. The van der Waals surface area contributed by atoms with Crippen molar-refractivity contribution in [3.05, 3.63) is 60.4 Å². The first-order chi connectivity index (χ1) is 14.2. The number of imidazole rings is 1. The van der Waals surface area contributed by atoms with Gasteiger partial charge in [0.25, 0.3) is 0 Å². The van der Waals surface area contributed by atoms with E-state index in [-0.39, 0.29) is 27.4 Å². The van der Waals surface area contributed by atoms with Gasteiger partial charge in [0.15, 0.2) is 15.7 Å². The summed E-state index contributed by atoms with van der Waals surface area (Å²) in [6, 6.07) is 12.1. The molecule has 0 saturated carbocycles. The van der Waals surface area contributed by atoms with Crippen LogP contribution in [0.2, 0.25) is 0 Å². The minimum absolute atomic E-state index is 0.0664. The van der Waals surface area contributed by atoms with Crippen LogP contribution in [0, 0.1) is 0 Å². The van der Waals surface area contributed by atoms with Gasteiger partial charge in [0, 0.05) is 17.4 Å². The first kappa shape index (κ1) is 22.8. The zero-order valence-electron chi connectivity index (χ0n) is 15.6. The fourth-order valence-electron chi connectivity index (χ4n) is 2.86. The molecule has 3 aromatic rings. The number of halogens is 6. The van der Waals surface area contributed by atoms with Crippen molar-refractivity contribution >= 4 is 9.84 Å². The molecular weight excluding hydrogens is 450 g/mol. The summed E-state index contributed by atoms with van der Waals surface area (Å²) >= 11 is 0. The van der Waals surface area contributed by atoms with Crippen LogP contribution in [0.1, 0.15) is 5.82 Å². The molecule has 2 aromatic carbocycles. The summed E-state index contributed by atoms with van der Waals surface area (Å²) in [7, 11) is -3.58. The van der Waals surface area contributed by atoms with Gasteiger partial charge < -0.3 is 10.1 Å². The molecule has 0 radical (unpaired) electrons. The topological polar surface area (TPSA) is 83.0 Å². The number of hydrogen-bond acceptors (Lipinski definition) is 4. The smallest absolute Gasteiger partial charge is 0.367 e. The van der Waals surface area contributed by atoms with Crippen molar-refractivity contribution in [1.82, 2.24) is 9.97 Å². The standard InChI is InChI=1S/C19H14F6N2O3S/c1-31(29,30)13-9-7-12(8-10-13)15-14(11-5-3-2-4-6-11)26-16(27-15)17(28,18(20,21)22)19(23,24)25/h2-10,28H,1H3,(H,26,27). The average molecular weight is 464 g/mol. The summed E-state index contributed by atoms with van der Waals surface area (Å²) in [4.78, 5) is 5.33. The third-order valence-corrected chi connectivity index (χ3v) is 5.61. The molecule has 12 heteroatoms. The van der Waals surface area contributed by atoms with Gasteiger partial charge in [-0.05, 0) is 12.1 Å². The lowest BCUT2D eigenvalue weighted by Crippen LogP contribution is -2.54. The number of alkyl halides is 6. The largest absolute Gasteiger partial charge is 0.433 e. The molecule has 0 saturated heterocycles. The Hall–Kier alpha value is -2.86. The van der Waals surface area contributed by atoms with Gasteiger partial charge in [-0.3, -0.25) is 0 Å². The maximum Gasteiger partial charge on any atom is 0.433 e. The second-order valence-corrected chi connectivity index (χ2v) is 8.69. The number of aromatic amines is 1. The van der Waals surface area contributed by atoms with E-state index < -0.39 is 33.6 Å². The van der Waals surface area contributed by atoms with E-state index in [1.54, 1.807) is 6.07 Å². The van der Waals surface area contributed by atoms with Crippen LogP contribution in [0.5, 0.6) is 0 Å². The fraction of sp³-hybridized carbons (Fsp3) is 0.211. The molecule has 0 amide bonds. The van der Waals surface area contributed by atoms with E-state index in [0.29, 0.717) is 0 Å². The molecule has 1 aromatic heterocycles. The lowest BCUT2D eigenvalue weighted by atomic mass is 10.0. The Bertz CT molecular complexity index is 1170. The first-order valence-electron chi connectivity index (χ1n) is 8.48. The highest BCUT2D eigenvalue weighted by atomic mass is 32.2. The lowest BCUT2D eigenvalue weighted by Gasteiger charge is -2.30. The quantitative estimate of drug-likeness (QED) is 0.559. The maximum atomic E-state index is 13.3. The lowest BCUT2D eigenvalue weighted by molar-refractivity contribution is -0.378. The van der Waals surface area contributed by atoms with Crippen LogP contribution in [0.15, 0.2) is 59.5 Å². The Morgan fingerprint density at radius 1 is 0.839 bits per heavy atom. The van der Waals surface area contributed by atoms with Gasteiger partial charge in [0.1, 0.15) is 0 Å². The van der Waals surface area contributed by atoms with E-state index in [0.717, 1.165) is 18.4 Å². The predicted molar refractivity (Wildman–Crippen MR) is 98.6 cm³/mol. The Morgan fingerprint density at radius 2 is 1.35 bits per heavy atom. The molecule has 31 heavy (non-hydrogen) atoms. The summed E-state index contributed by atoms with van der Waals surface area (Å²) < 4.78 is 103. The third kappa shape index (κ3) is 4.04. The molecule has 0 aliphatic rings. The fourth-order valence-corrected chi connectivity index (χ4v) is 3.49. The number of aromatic nitrogens is 2. The number of nitrogens with one attached hydrogen (secondary N) is 1. The van der Waals surface area contributed by atoms with E-state index in [1.165, 1.54) is 36.4 Å². The summed E-state index contributed by atoms with van der Waals surface area (Å²) in [5.74, 6) is -1.76. The van der Waals surface area contributed by atoms with Crippen molar-refractivity contribution in [2.75, 3.05) is 6.26 Å². The molecule has 0 unspecified atom stereocenters. The highest BCUT2D eigenvalue weighted by molar-refractivity contribution is 7.90. The highest BCUT2D eigenvalue weighted by Gasteiger charge is 2.73. The summed E-state index contributed by atoms with van der Waals surface area (Å²) in [6.45, 7) is 0. The number of sulfone groups is 1. The van der Waals surface area contributed by atoms with Gasteiger partial charge >= 0.3 is 18.0 Å². The van der Waals surface area contributed by atoms with E-state index in [4.69, 9.17) is 0 Å². The summed E-state index contributed by atoms with van der Waals surface area (Å²) in [5.41, 5.74) is -5.53.